The van der Waals surface area contributed by atoms with Crippen molar-refractivity contribution >= 4 is 11.9 Å². The van der Waals surface area contributed by atoms with Crippen molar-refractivity contribution in [2.75, 3.05) is 0 Å². The van der Waals surface area contributed by atoms with Crippen molar-refractivity contribution in [1.29, 1.82) is 0 Å². The molecule has 0 aliphatic carbocycles. The molecule has 2 rings (SSSR count). The van der Waals surface area contributed by atoms with Gasteiger partial charge in [0.15, 0.2) is 5.69 Å². The molecule has 0 fully saturated rings. The van der Waals surface area contributed by atoms with Crippen LogP contribution in [0.3, 0.4) is 0 Å². The predicted molar refractivity (Wildman–Crippen MR) is 58.9 cm³/mol. The van der Waals surface area contributed by atoms with Gasteiger partial charge >= 0.3 is 5.97 Å². The number of carbonyl (C=O) groups excluding carboxylic acids is 1. The van der Waals surface area contributed by atoms with Crippen LogP contribution >= 0.6 is 0 Å². The third-order valence-electron chi connectivity index (χ3n) is 2.16. The first-order chi connectivity index (χ1) is 8.66. The minimum Gasteiger partial charge on any atom is -0.478 e. The Morgan fingerprint density at radius 2 is 2.22 bits per heavy atom. The number of hydrogen-bond acceptors (Lipinski definition) is 5. The van der Waals surface area contributed by atoms with Crippen LogP contribution < -0.4 is 5.32 Å². The normalized spacial score (nSPS) is 10.0. The fraction of sp³-hybridized carbons (Fsp3) is 0.0909. The third-order valence-corrected chi connectivity index (χ3v) is 2.16. The van der Waals surface area contributed by atoms with Gasteiger partial charge in [0.25, 0.3) is 5.91 Å². The molecule has 92 valence electrons. The maximum absolute atomic E-state index is 11.5. The van der Waals surface area contributed by atoms with Crippen LogP contribution in [0.25, 0.3) is 0 Å². The van der Waals surface area contributed by atoms with E-state index in [9.17, 15) is 9.59 Å². The molecule has 2 aromatic rings. The summed E-state index contributed by atoms with van der Waals surface area (Å²) >= 11 is 0. The SMILES string of the molecule is O=C(O)c1ccnc(CNC(=O)c2ccon2)c1. The number of aromatic carboxylic acids is 1. The Bertz CT molecular complexity index is 565. The first-order valence-corrected chi connectivity index (χ1v) is 5.03. The Kier molecular flexibility index (Phi) is 3.33. The molecular weight excluding hydrogens is 238 g/mol. The number of nitrogens with zero attached hydrogens (tertiary/aromatic N) is 2. The number of hydrogen-bond donors (Lipinski definition) is 2. The van der Waals surface area contributed by atoms with Crippen molar-refractivity contribution in [3.05, 3.63) is 47.6 Å². The molecule has 1 amide bonds. The summed E-state index contributed by atoms with van der Waals surface area (Å²) in [6, 6.07) is 4.20. The van der Waals surface area contributed by atoms with Crippen LogP contribution in [-0.2, 0) is 6.54 Å². The molecule has 0 saturated heterocycles. The Morgan fingerprint density at radius 3 is 2.89 bits per heavy atom. The first kappa shape index (κ1) is 11.8. The second kappa shape index (κ2) is 5.09. The number of carboxylic acid groups (broad SMARTS) is 1. The first-order valence-electron chi connectivity index (χ1n) is 5.03. The summed E-state index contributed by atoms with van der Waals surface area (Å²) in [4.78, 5) is 26.2. The summed E-state index contributed by atoms with van der Waals surface area (Å²) in [6.45, 7) is 0.118. The maximum atomic E-state index is 11.5. The number of carboxylic acids is 1. The van der Waals surface area contributed by atoms with E-state index in [1.807, 2.05) is 0 Å². The van der Waals surface area contributed by atoms with Gasteiger partial charge in [0, 0.05) is 12.3 Å². The monoisotopic (exact) mass is 247 g/mol. The summed E-state index contributed by atoms with van der Waals surface area (Å²) in [5, 5.41) is 14.8. The van der Waals surface area contributed by atoms with Gasteiger partial charge in [-0.15, -0.1) is 0 Å². The Labute approximate surface area is 101 Å². The summed E-state index contributed by atoms with van der Waals surface area (Å²) in [5.41, 5.74) is 0.729. The van der Waals surface area contributed by atoms with Crippen molar-refractivity contribution in [1.82, 2.24) is 15.5 Å². The number of nitrogens with one attached hydrogen (secondary N) is 1. The number of carbonyl (C=O) groups is 2. The largest absolute Gasteiger partial charge is 0.478 e. The Balaban J connectivity index is 2.00. The van der Waals surface area contributed by atoms with Crippen LogP contribution in [0.5, 0.6) is 0 Å². The topological polar surface area (TPSA) is 105 Å². The average Bonchev–Trinajstić information content (AvgIpc) is 2.90. The highest BCUT2D eigenvalue weighted by Crippen LogP contribution is 2.02. The number of pyridine rings is 1. The lowest BCUT2D eigenvalue weighted by Crippen LogP contribution is -2.23. The molecular formula is C11H9N3O4. The summed E-state index contributed by atoms with van der Waals surface area (Å²) < 4.78 is 4.53. The van der Waals surface area contributed by atoms with Gasteiger partial charge in [-0.1, -0.05) is 5.16 Å². The lowest BCUT2D eigenvalue weighted by Gasteiger charge is -2.03. The zero-order valence-corrected chi connectivity index (χ0v) is 9.16. The van der Waals surface area contributed by atoms with Crippen molar-refractivity contribution in [3.63, 3.8) is 0 Å². The standard InChI is InChI=1S/C11H9N3O4/c15-10(9-2-4-18-14-9)13-6-8-5-7(11(16)17)1-3-12-8/h1-5H,6H2,(H,13,15)(H,16,17). The smallest absolute Gasteiger partial charge is 0.335 e. The zero-order valence-electron chi connectivity index (χ0n) is 9.16. The van der Waals surface area contributed by atoms with Crippen LogP contribution in [0.2, 0.25) is 0 Å². The van der Waals surface area contributed by atoms with E-state index in [1.165, 1.54) is 30.7 Å². The van der Waals surface area contributed by atoms with Crippen molar-refractivity contribution in [2.24, 2.45) is 0 Å². The van der Waals surface area contributed by atoms with E-state index < -0.39 is 11.9 Å². The summed E-state index contributed by atoms with van der Waals surface area (Å²) in [6.07, 6.45) is 2.67. The zero-order chi connectivity index (χ0) is 13.0. The number of amides is 1. The lowest BCUT2D eigenvalue weighted by molar-refractivity contribution is 0.0696. The van der Waals surface area contributed by atoms with Crippen LogP contribution in [0.15, 0.2) is 35.2 Å². The number of rotatable bonds is 4. The molecule has 2 aromatic heterocycles. The van der Waals surface area contributed by atoms with Gasteiger partial charge in [0.05, 0.1) is 17.8 Å². The fourth-order valence-electron chi connectivity index (χ4n) is 1.30. The molecule has 0 aromatic carbocycles. The second-order valence-corrected chi connectivity index (χ2v) is 3.41. The van der Waals surface area contributed by atoms with E-state index in [0.29, 0.717) is 5.69 Å². The minimum atomic E-state index is -1.04. The number of aromatic nitrogens is 2. The van der Waals surface area contributed by atoms with E-state index in [2.05, 4.69) is 20.0 Å². The van der Waals surface area contributed by atoms with E-state index in [0.717, 1.165) is 0 Å². The molecule has 0 unspecified atom stereocenters. The molecule has 7 nitrogen and oxygen atoms in total. The molecule has 0 aliphatic heterocycles. The summed E-state index contributed by atoms with van der Waals surface area (Å²) in [7, 11) is 0. The van der Waals surface area contributed by atoms with Gasteiger partial charge in [-0.25, -0.2) is 4.79 Å². The van der Waals surface area contributed by atoms with Crippen molar-refractivity contribution in [3.8, 4) is 0 Å². The van der Waals surface area contributed by atoms with Gasteiger partial charge in [0.1, 0.15) is 6.26 Å². The average molecular weight is 247 g/mol. The molecule has 0 saturated carbocycles. The maximum Gasteiger partial charge on any atom is 0.335 e. The van der Waals surface area contributed by atoms with Crippen molar-refractivity contribution < 1.29 is 19.2 Å². The van der Waals surface area contributed by atoms with Crippen LogP contribution in [0.4, 0.5) is 0 Å². The molecule has 0 bridgehead atoms. The summed E-state index contributed by atoms with van der Waals surface area (Å²) in [5.74, 6) is -1.45. The predicted octanol–water partition coefficient (Wildman–Crippen LogP) is 0.698. The van der Waals surface area contributed by atoms with E-state index >= 15 is 0 Å². The molecule has 18 heavy (non-hydrogen) atoms. The molecule has 2 heterocycles. The van der Waals surface area contributed by atoms with Gasteiger partial charge in [-0.05, 0) is 12.1 Å². The van der Waals surface area contributed by atoms with Crippen LogP contribution in [-0.4, -0.2) is 27.1 Å². The Morgan fingerprint density at radius 1 is 1.39 bits per heavy atom. The van der Waals surface area contributed by atoms with Gasteiger partial charge in [-0.2, -0.15) is 0 Å². The minimum absolute atomic E-state index is 0.118. The van der Waals surface area contributed by atoms with Gasteiger partial charge in [0.2, 0.25) is 0 Å². The quantitative estimate of drug-likeness (QED) is 0.823. The van der Waals surface area contributed by atoms with Crippen LogP contribution in [0, 0.1) is 0 Å². The van der Waals surface area contributed by atoms with Gasteiger partial charge in [-0.3, -0.25) is 9.78 Å². The highest BCUT2D eigenvalue weighted by molar-refractivity contribution is 5.92. The van der Waals surface area contributed by atoms with Crippen LogP contribution in [0.1, 0.15) is 26.5 Å². The molecule has 0 spiro atoms. The molecule has 2 N–H and O–H groups in total. The second-order valence-electron chi connectivity index (χ2n) is 3.41. The molecule has 0 radical (unpaired) electrons. The van der Waals surface area contributed by atoms with E-state index in [1.54, 1.807) is 0 Å². The highest BCUT2D eigenvalue weighted by Gasteiger charge is 2.09. The van der Waals surface area contributed by atoms with E-state index in [-0.39, 0.29) is 17.8 Å². The Hall–Kier alpha value is -2.70. The molecule has 0 aliphatic rings. The van der Waals surface area contributed by atoms with E-state index in [4.69, 9.17) is 5.11 Å². The third kappa shape index (κ3) is 2.70. The molecule has 0 atom stereocenters. The fourth-order valence-corrected chi connectivity index (χ4v) is 1.30. The lowest BCUT2D eigenvalue weighted by atomic mass is 10.2. The van der Waals surface area contributed by atoms with Gasteiger partial charge < -0.3 is 14.9 Å². The highest BCUT2D eigenvalue weighted by atomic mass is 16.5. The molecule has 7 heteroatoms. The van der Waals surface area contributed by atoms with Crippen molar-refractivity contribution in [2.45, 2.75) is 6.54 Å².